The Morgan fingerprint density at radius 1 is 1.00 bits per heavy atom. The van der Waals surface area contributed by atoms with Gasteiger partial charge in [-0.15, -0.1) is 0 Å². The number of urea groups is 1. The molecule has 4 rings (SSSR count). The molecule has 0 aliphatic carbocycles. The highest BCUT2D eigenvalue weighted by atomic mass is 35.5. The van der Waals surface area contributed by atoms with Crippen molar-refractivity contribution >= 4 is 34.2 Å². The third-order valence-corrected chi connectivity index (χ3v) is 4.98. The molecule has 2 N–H and O–H groups in total. The fourth-order valence-corrected chi connectivity index (χ4v) is 3.27. The van der Waals surface area contributed by atoms with E-state index in [1.807, 2.05) is 18.2 Å². The van der Waals surface area contributed by atoms with Gasteiger partial charge in [0, 0.05) is 18.3 Å². The molecule has 0 spiro atoms. The predicted octanol–water partition coefficient (Wildman–Crippen LogP) is 4.81. The summed E-state index contributed by atoms with van der Waals surface area (Å²) in [6.07, 6.45) is 3.06. The van der Waals surface area contributed by atoms with Crippen LogP contribution in [0.4, 0.5) is 10.5 Å². The summed E-state index contributed by atoms with van der Waals surface area (Å²) >= 11 is 6.36. The second-order valence-corrected chi connectivity index (χ2v) is 7.18. The van der Waals surface area contributed by atoms with Crippen LogP contribution in [0, 0.1) is 0 Å². The number of methoxy groups -OCH3 is 2. The maximum absolute atomic E-state index is 12.2. The lowest BCUT2D eigenvalue weighted by molar-refractivity contribution is 0.251. The Labute approximate surface area is 194 Å². The number of nitrogens with one attached hydrogen (secondary N) is 2. The largest absolute Gasteiger partial charge is 0.493 e. The first-order chi connectivity index (χ1) is 16.1. The topological polar surface area (TPSA) is 107 Å². The van der Waals surface area contributed by atoms with Crippen LogP contribution in [0.25, 0.3) is 10.9 Å². The van der Waals surface area contributed by atoms with Crippen molar-refractivity contribution in [2.45, 2.75) is 6.54 Å². The first-order valence-electron chi connectivity index (χ1n) is 9.86. The minimum absolute atomic E-state index is 0.292. The summed E-state index contributed by atoms with van der Waals surface area (Å²) in [5, 5.41) is 6.38. The molecule has 0 aliphatic rings. The van der Waals surface area contributed by atoms with E-state index in [9.17, 15) is 4.79 Å². The molecule has 0 fully saturated rings. The summed E-state index contributed by atoms with van der Waals surface area (Å²) in [6, 6.07) is 13.5. The first kappa shape index (κ1) is 22.1. The second kappa shape index (κ2) is 10.0. The van der Waals surface area contributed by atoms with Crippen LogP contribution in [0.15, 0.2) is 61.1 Å². The van der Waals surface area contributed by atoms with E-state index in [1.165, 1.54) is 6.33 Å². The van der Waals surface area contributed by atoms with Gasteiger partial charge in [0.25, 0.3) is 0 Å². The molecule has 168 valence electrons. The van der Waals surface area contributed by atoms with Crippen LogP contribution < -0.4 is 24.8 Å². The van der Waals surface area contributed by atoms with E-state index < -0.39 is 6.03 Å². The normalized spacial score (nSPS) is 10.5. The summed E-state index contributed by atoms with van der Waals surface area (Å²) in [5.74, 6) is 1.84. The van der Waals surface area contributed by atoms with Gasteiger partial charge in [-0.2, -0.15) is 0 Å². The molecule has 0 unspecified atom stereocenters. The molecule has 10 heteroatoms. The van der Waals surface area contributed by atoms with Gasteiger partial charge in [-0.1, -0.05) is 17.7 Å². The number of pyridine rings is 1. The summed E-state index contributed by atoms with van der Waals surface area (Å²) < 4.78 is 16.6. The van der Waals surface area contributed by atoms with E-state index >= 15 is 0 Å². The Bertz CT molecular complexity index is 1290. The number of hydrogen-bond donors (Lipinski definition) is 2. The van der Waals surface area contributed by atoms with E-state index in [2.05, 4.69) is 25.6 Å². The Morgan fingerprint density at radius 3 is 2.55 bits per heavy atom. The maximum Gasteiger partial charge on any atom is 0.319 e. The average Bonchev–Trinajstić information content (AvgIpc) is 2.84. The van der Waals surface area contributed by atoms with E-state index in [1.54, 1.807) is 50.7 Å². The predicted molar refractivity (Wildman–Crippen MR) is 124 cm³/mol. The van der Waals surface area contributed by atoms with Crippen LogP contribution in [-0.2, 0) is 6.54 Å². The summed E-state index contributed by atoms with van der Waals surface area (Å²) in [4.78, 5) is 24.8. The number of fused-ring (bicyclic) bond motifs is 1. The van der Waals surface area contributed by atoms with Gasteiger partial charge in [-0.3, -0.25) is 4.98 Å². The zero-order valence-corrected chi connectivity index (χ0v) is 18.6. The fourth-order valence-electron chi connectivity index (χ4n) is 3.05. The van der Waals surface area contributed by atoms with Crippen molar-refractivity contribution in [2.24, 2.45) is 0 Å². The van der Waals surface area contributed by atoms with Crippen molar-refractivity contribution in [3.05, 3.63) is 71.8 Å². The van der Waals surface area contributed by atoms with Gasteiger partial charge in [0.2, 0.25) is 5.88 Å². The molecule has 2 aromatic carbocycles. The van der Waals surface area contributed by atoms with Gasteiger partial charge in [0.05, 0.1) is 48.1 Å². The lowest BCUT2D eigenvalue weighted by Gasteiger charge is -2.13. The highest BCUT2D eigenvalue weighted by molar-refractivity contribution is 6.33. The zero-order valence-electron chi connectivity index (χ0n) is 17.8. The van der Waals surface area contributed by atoms with Crippen LogP contribution in [0.3, 0.4) is 0 Å². The van der Waals surface area contributed by atoms with Gasteiger partial charge < -0.3 is 24.8 Å². The number of ether oxygens (including phenoxy) is 3. The maximum atomic E-state index is 12.2. The standard InChI is InChI=1S/C23H20ClN5O4/c1-31-20-10-16-19(11-21(20)32-2)27-13-28-22(16)33-15-6-7-18(17(24)9-15)29-23(30)26-12-14-5-3-4-8-25-14/h3-11,13H,12H2,1-2H3,(H2,26,29,30). The number of rotatable bonds is 7. The van der Waals surface area contributed by atoms with Gasteiger partial charge in [-0.25, -0.2) is 14.8 Å². The molecule has 0 saturated heterocycles. The molecule has 0 bridgehead atoms. The van der Waals surface area contributed by atoms with Crippen molar-refractivity contribution < 1.29 is 19.0 Å². The Kier molecular flexibility index (Phi) is 6.70. The molecule has 0 saturated carbocycles. The summed E-state index contributed by atoms with van der Waals surface area (Å²) in [7, 11) is 3.10. The van der Waals surface area contributed by atoms with Crippen LogP contribution in [0.5, 0.6) is 23.1 Å². The number of halogens is 1. The number of anilines is 1. The van der Waals surface area contributed by atoms with E-state index in [0.717, 1.165) is 5.69 Å². The molecule has 2 amide bonds. The molecule has 4 aromatic rings. The van der Waals surface area contributed by atoms with Crippen molar-refractivity contribution in [1.29, 1.82) is 0 Å². The number of carbonyl (C=O) groups excluding carboxylic acids is 1. The van der Waals surface area contributed by atoms with Crippen molar-refractivity contribution in [2.75, 3.05) is 19.5 Å². The highest BCUT2D eigenvalue weighted by Crippen LogP contribution is 2.36. The first-order valence-corrected chi connectivity index (χ1v) is 10.2. The van der Waals surface area contributed by atoms with E-state index in [0.29, 0.717) is 51.3 Å². The Morgan fingerprint density at radius 2 is 1.82 bits per heavy atom. The number of amides is 2. The van der Waals surface area contributed by atoms with Crippen LogP contribution in [0.1, 0.15) is 5.69 Å². The molecule has 33 heavy (non-hydrogen) atoms. The molecule has 0 atom stereocenters. The summed E-state index contributed by atoms with van der Waals surface area (Å²) in [6.45, 7) is 0.292. The molecule has 2 aromatic heterocycles. The van der Waals surface area contributed by atoms with Crippen molar-refractivity contribution in [1.82, 2.24) is 20.3 Å². The average molecular weight is 466 g/mol. The smallest absolute Gasteiger partial charge is 0.319 e. The van der Waals surface area contributed by atoms with Crippen molar-refractivity contribution in [3.8, 4) is 23.1 Å². The third-order valence-electron chi connectivity index (χ3n) is 4.66. The number of hydrogen-bond acceptors (Lipinski definition) is 7. The number of carbonyl (C=O) groups is 1. The molecular weight excluding hydrogens is 446 g/mol. The minimum Gasteiger partial charge on any atom is -0.493 e. The summed E-state index contributed by atoms with van der Waals surface area (Å²) in [5.41, 5.74) is 1.81. The molecule has 9 nitrogen and oxygen atoms in total. The Hall–Kier alpha value is -4.11. The fraction of sp³-hybridized carbons (Fsp3) is 0.130. The lowest BCUT2D eigenvalue weighted by atomic mass is 10.2. The molecular formula is C23H20ClN5O4. The number of benzene rings is 2. The minimum atomic E-state index is -0.404. The third kappa shape index (κ3) is 5.21. The van der Waals surface area contributed by atoms with Gasteiger partial charge >= 0.3 is 6.03 Å². The SMILES string of the molecule is COc1cc2ncnc(Oc3ccc(NC(=O)NCc4ccccn4)c(Cl)c3)c2cc1OC. The second-order valence-electron chi connectivity index (χ2n) is 6.78. The van der Waals surface area contributed by atoms with Crippen LogP contribution in [-0.4, -0.2) is 35.2 Å². The number of aromatic nitrogens is 3. The van der Waals surface area contributed by atoms with Gasteiger partial charge in [0.1, 0.15) is 12.1 Å². The zero-order chi connectivity index (χ0) is 23.2. The monoisotopic (exact) mass is 465 g/mol. The number of nitrogens with zero attached hydrogens (tertiary/aromatic N) is 3. The quantitative estimate of drug-likeness (QED) is 0.403. The van der Waals surface area contributed by atoms with Gasteiger partial charge in [0.15, 0.2) is 11.5 Å². The molecule has 0 radical (unpaired) electrons. The lowest BCUT2D eigenvalue weighted by Crippen LogP contribution is -2.28. The van der Waals surface area contributed by atoms with E-state index in [-0.39, 0.29) is 0 Å². The molecule has 0 aliphatic heterocycles. The highest BCUT2D eigenvalue weighted by Gasteiger charge is 2.13. The van der Waals surface area contributed by atoms with Crippen LogP contribution >= 0.6 is 11.6 Å². The van der Waals surface area contributed by atoms with Crippen molar-refractivity contribution in [3.63, 3.8) is 0 Å². The van der Waals surface area contributed by atoms with E-state index in [4.69, 9.17) is 25.8 Å². The molecule has 2 heterocycles. The van der Waals surface area contributed by atoms with Crippen LogP contribution in [0.2, 0.25) is 5.02 Å². The Balaban J connectivity index is 1.48. The van der Waals surface area contributed by atoms with Gasteiger partial charge in [-0.05, 0) is 30.3 Å².